The molecule has 0 aliphatic carbocycles. The molecule has 0 bridgehead atoms. The van der Waals surface area contributed by atoms with Gasteiger partial charge in [-0.25, -0.2) is 4.57 Å². The molecular formula is C70H132N2O6P+. The number of hydrogen-bond acceptors (Lipinski definition) is 5. The highest BCUT2D eigenvalue weighted by atomic mass is 31.2. The van der Waals surface area contributed by atoms with Gasteiger partial charge >= 0.3 is 7.82 Å². The Bertz CT molecular complexity index is 1520. The van der Waals surface area contributed by atoms with E-state index in [0.717, 1.165) is 64.2 Å². The SMILES string of the molecule is CC/C=C\C/C=C\C/C=C\C/C=C\CCCCCCCCCCCCCCC(=O)NC(COP(=O)(O)OCC[N+](C)(C)C)C(O)/C=C/CC/C=C/CCCCCCCCCCCCCCCCCCCCCCCCCCCC. The van der Waals surface area contributed by atoms with Gasteiger partial charge in [0.1, 0.15) is 13.2 Å². The molecule has 0 spiro atoms. The summed E-state index contributed by atoms with van der Waals surface area (Å²) < 4.78 is 23.8. The van der Waals surface area contributed by atoms with Gasteiger partial charge in [-0.3, -0.25) is 13.8 Å². The second kappa shape index (κ2) is 60.5. The first-order valence-electron chi connectivity index (χ1n) is 33.8. The Balaban J connectivity index is 4.12. The molecule has 0 aromatic rings. The van der Waals surface area contributed by atoms with Crippen LogP contribution in [-0.2, 0) is 18.4 Å². The standard InChI is InChI=1S/C70H131N2O6P/c1-6-8-10-12-14-16-18-20-22-24-26-28-30-32-33-34-35-36-37-38-40-41-43-45-47-49-51-53-55-57-59-61-63-69(73)68(67-78-79(75,76)77-66-65-72(3,4)5)71-70(74)64-62-60-58-56-54-52-50-48-46-44-42-39-31-29-27-25-23-21-19-17-15-13-11-9-7-2/h9,11,15,17,21,23,27,29,53,55,61,63,68-69,73H,6-8,10,12-14,16,18-20,22,24-26,28,30-52,54,56-60,62,64-67H2,1-5H3,(H-,71,74,75,76)/p+1/b11-9-,17-15-,23-21-,29-27-,55-53+,63-61+. The molecule has 3 atom stereocenters. The second-order valence-electron chi connectivity index (χ2n) is 24.2. The maximum atomic E-state index is 13.0. The van der Waals surface area contributed by atoms with Gasteiger partial charge in [-0.2, -0.15) is 0 Å². The molecule has 0 rings (SSSR count). The Morgan fingerprint density at radius 2 is 0.772 bits per heavy atom. The Hall–Kier alpha value is -2.06. The van der Waals surface area contributed by atoms with Gasteiger partial charge in [0.2, 0.25) is 5.91 Å². The number of allylic oxidation sites excluding steroid dienone is 11. The number of likely N-dealkylation sites (N-methyl/N-ethyl adjacent to an activating group) is 1. The molecule has 0 fully saturated rings. The molecule has 3 unspecified atom stereocenters. The molecule has 1 amide bonds. The van der Waals surface area contributed by atoms with Crippen LogP contribution in [0.1, 0.15) is 316 Å². The van der Waals surface area contributed by atoms with Crippen molar-refractivity contribution < 1.29 is 32.9 Å². The van der Waals surface area contributed by atoms with E-state index >= 15 is 0 Å². The topological polar surface area (TPSA) is 105 Å². The molecule has 0 heterocycles. The zero-order valence-corrected chi connectivity index (χ0v) is 53.8. The van der Waals surface area contributed by atoms with E-state index in [0.29, 0.717) is 17.4 Å². The van der Waals surface area contributed by atoms with Crippen molar-refractivity contribution in [2.45, 2.75) is 328 Å². The first-order valence-corrected chi connectivity index (χ1v) is 35.3. The highest BCUT2D eigenvalue weighted by Crippen LogP contribution is 2.43. The smallest absolute Gasteiger partial charge is 0.387 e. The van der Waals surface area contributed by atoms with Crippen LogP contribution in [0.5, 0.6) is 0 Å². The number of rotatable bonds is 62. The Labute approximate surface area is 491 Å². The lowest BCUT2D eigenvalue weighted by molar-refractivity contribution is -0.870. The van der Waals surface area contributed by atoms with Gasteiger partial charge < -0.3 is 19.8 Å². The van der Waals surface area contributed by atoms with Crippen molar-refractivity contribution in [3.63, 3.8) is 0 Å². The van der Waals surface area contributed by atoms with Gasteiger partial charge in [0.25, 0.3) is 0 Å². The fourth-order valence-corrected chi connectivity index (χ4v) is 10.7. The van der Waals surface area contributed by atoms with Crippen LogP contribution in [-0.4, -0.2) is 73.4 Å². The number of hydrogen-bond donors (Lipinski definition) is 3. The molecule has 0 aliphatic heterocycles. The Kier molecular flexibility index (Phi) is 59.0. The average Bonchev–Trinajstić information content (AvgIpc) is 3.42. The maximum absolute atomic E-state index is 13.0. The number of carbonyl (C=O) groups is 1. The summed E-state index contributed by atoms with van der Waals surface area (Å²) >= 11 is 0. The predicted molar refractivity (Wildman–Crippen MR) is 346 cm³/mol. The van der Waals surface area contributed by atoms with Crippen molar-refractivity contribution >= 4 is 13.7 Å². The van der Waals surface area contributed by atoms with Gasteiger partial charge in [0.05, 0.1) is 39.9 Å². The quantitative estimate of drug-likeness (QED) is 0.0243. The minimum atomic E-state index is -4.36. The summed E-state index contributed by atoms with van der Waals surface area (Å²) in [7, 11) is 1.56. The van der Waals surface area contributed by atoms with Crippen molar-refractivity contribution in [3.05, 3.63) is 72.9 Å². The molecule has 0 aliphatic rings. The third-order valence-corrected chi connectivity index (χ3v) is 16.1. The summed E-state index contributed by atoms with van der Waals surface area (Å²) in [5.41, 5.74) is 0. The van der Waals surface area contributed by atoms with Gasteiger partial charge in [-0.1, -0.05) is 311 Å². The van der Waals surface area contributed by atoms with Crippen molar-refractivity contribution in [3.8, 4) is 0 Å². The van der Waals surface area contributed by atoms with Crippen molar-refractivity contribution in [1.82, 2.24) is 5.32 Å². The van der Waals surface area contributed by atoms with E-state index in [2.05, 4.69) is 79.9 Å². The Morgan fingerprint density at radius 3 is 1.16 bits per heavy atom. The highest BCUT2D eigenvalue weighted by Gasteiger charge is 2.28. The van der Waals surface area contributed by atoms with Crippen LogP contribution in [0.2, 0.25) is 0 Å². The summed E-state index contributed by atoms with van der Waals surface area (Å²) in [6.45, 7) is 4.72. The fraction of sp³-hybridized carbons (Fsp3) is 0.814. The zero-order valence-electron chi connectivity index (χ0n) is 52.9. The first kappa shape index (κ1) is 76.9. The number of phosphoric ester groups is 1. The zero-order chi connectivity index (χ0) is 57.7. The Morgan fingerprint density at radius 1 is 0.443 bits per heavy atom. The third-order valence-electron chi connectivity index (χ3n) is 15.2. The molecule has 3 N–H and O–H groups in total. The largest absolute Gasteiger partial charge is 0.472 e. The van der Waals surface area contributed by atoms with Crippen LogP contribution in [0.3, 0.4) is 0 Å². The molecule has 0 aromatic heterocycles. The summed E-state index contributed by atoms with van der Waals surface area (Å²) in [6.07, 6.45) is 84.8. The number of carbonyl (C=O) groups excluding carboxylic acids is 1. The van der Waals surface area contributed by atoms with E-state index in [1.807, 2.05) is 27.2 Å². The van der Waals surface area contributed by atoms with Gasteiger partial charge in [-0.15, -0.1) is 0 Å². The number of nitrogens with one attached hydrogen (secondary N) is 1. The van der Waals surface area contributed by atoms with E-state index in [-0.39, 0.29) is 19.1 Å². The fourth-order valence-electron chi connectivity index (χ4n) is 9.94. The van der Waals surface area contributed by atoms with E-state index < -0.39 is 20.0 Å². The van der Waals surface area contributed by atoms with Gasteiger partial charge in [0, 0.05) is 6.42 Å². The van der Waals surface area contributed by atoms with Gasteiger partial charge in [0.15, 0.2) is 0 Å². The predicted octanol–water partition coefficient (Wildman–Crippen LogP) is 21.4. The van der Waals surface area contributed by atoms with E-state index in [1.165, 1.54) is 231 Å². The summed E-state index contributed by atoms with van der Waals surface area (Å²) in [6, 6.07) is -0.870. The number of quaternary nitrogens is 1. The van der Waals surface area contributed by atoms with Crippen LogP contribution in [0.25, 0.3) is 0 Å². The molecule has 0 aromatic carbocycles. The molecule has 8 nitrogen and oxygen atoms in total. The number of phosphoric acid groups is 1. The number of aliphatic hydroxyl groups excluding tert-OH is 1. The van der Waals surface area contributed by atoms with Crippen LogP contribution in [0, 0.1) is 0 Å². The minimum Gasteiger partial charge on any atom is -0.387 e. The lowest BCUT2D eigenvalue weighted by Gasteiger charge is -2.25. The first-order chi connectivity index (χ1) is 38.5. The van der Waals surface area contributed by atoms with Crippen LogP contribution in [0.15, 0.2) is 72.9 Å². The van der Waals surface area contributed by atoms with Crippen molar-refractivity contribution in [2.75, 3.05) is 40.9 Å². The number of unbranched alkanes of at least 4 members (excludes halogenated alkanes) is 39. The highest BCUT2D eigenvalue weighted by molar-refractivity contribution is 7.47. The summed E-state index contributed by atoms with van der Waals surface area (Å²) in [5.74, 6) is -0.188. The van der Waals surface area contributed by atoms with Crippen LogP contribution < -0.4 is 5.32 Å². The van der Waals surface area contributed by atoms with E-state index in [4.69, 9.17) is 9.05 Å². The summed E-state index contributed by atoms with van der Waals surface area (Å²) in [4.78, 5) is 23.4. The van der Waals surface area contributed by atoms with Crippen molar-refractivity contribution in [1.29, 1.82) is 0 Å². The lowest BCUT2D eigenvalue weighted by Crippen LogP contribution is -2.45. The third kappa shape index (κ3) is 63.4. The monoisotopic (exact) mass is 1130 g/mol. The molecule has 79 heavy (non-hydrogen) atoms. The van der Waals surface area contributed by atoms with E-state index in [9.17, 15) is 19.4 Å². The lowest BCUT2D eigenvalue weighted by atomic mass is 10.0. The number of amides is 1. The number of nitrogens with zero attached hydrogens (tertiary/aromatic N) is 1. The van der Waals surface area contributed by atoms with Gasteiger partial charge in [-0.05, 0) is 70.6 Å². The second-order valence-corrected chi connectivity index (χ2v) is 25.6. The normalized spacial score (nSPS) is 14.2. The molecule has 0 saturated carbocycles. The van der Waals surface area contributed by atoms with E-state index in [1.54, 1.807) is 6.08 Å². The van der Waals surface area contributed by atoms with Crippen molar-refractivity contribution in [2.24, 2.45) is 0 Å². The van der Waals surface area contributed by atoms with Crippen LogP contribution in [0.4, 0.5) is 0 Å². The van der Waals surface area contributed by atoms with Crippen LogP contribution >= 0.6 is 7.82 Å². The molecule has 9 heteroatoms. The molecule has 0 radical (unpaired) electrons. The molecule has 462 valence electrons. The minimum absolute atomic E-state index is 0.0538. The summed E-state index contributed by atoms with van der Waals surface area (Å²) in [5, 5.41) is 14.0. The molecule has 0 saturated heterocycles. The molecular weight excluding hydrogens is 996 g/mol. The average molecular weight is 1130 g/mol. The maximum Gasteiger partial charge on any atom is 0.472 e. The number of aliphatic hydroxyl groups is 1.